The quantitative estimate of drug-likeness (QED) is 0.453. The van der Waals surface area contributed by atoms with Gasteiger partial charge in [0.05, 0.1) is 12.5 Å². The third-order valence-electron chi connectivity index (χ3n) is 4.72. The van der Waals surface area contributed by atoms with Crippen LogP contribution in [0.5, 0.6) is 0 Å². The molecular formula is C19H15ClN6O4. The van der Waals surface area contributed by atoms with Crippen molar-refractivity contribution in [1.82, 2.24) is 29.5 Å². The van der Waals surface area contributed by atoms with E-state index in [4.69, 9.17) is 20.5 Å². The number of aliphatic hydroxyl groups excluding tert-OH is 1. The Hall–Kier alpha value is -3.50. The van der Waals surface area contributed by atoms with E-state index in [-0.39, 0.29) is 30.2 Å². The second-order valence-corrected chi connectivity index (χ2v) is 7.29. The zero-order valence-electron chi connectivity index (χ0n) is 15.7. The van der Waals surface area contributed by atoms with Gasteiger partial charge in [0, 0.05) is 23.9 Å². The highest BCUT2D eigenvalue weighted by molar-refractivity contribution is 6.31. The van der Waals surface area contributed by atoms with Crippen molar-refractivity contribution in [3.05, 3.63) is 69.6 Å². The summed E-state index contributed by atoms with van der Waals surface area (Å²) in [4.78, 5) is 20.9. The van der Waals surface area contributed by atoms with Crippen LogP contribution in [0.15, 0.2) is 50.5 Å². The van der Waals surface area contributed by atoms with Crippen LogP contribution in [0.2, 0.25) is 5.02 Å². The van der Waals surface area contributed by atoms with Gasteiger partial charge in [-0.15, -0.1) is 0 Å². The Bertz CT molecular complexity index is 1430. The zero-order chi connectivity index (χ0) is 20.8. The molecule has 10 nitrogen and oxygen atoms in total. The van der Waals surface area contributed by atoms with Crippen molar-refractivity contribution < 1.29 is 14.0 Å². The molecule has 0 fully saturated rings. The first-order chi connectivity index (χ1) is 14.5. The second kappa shape index (κ2) is 7.08. The highest BCUT2D eigenvalue weighted by atomic mass is 35.5. The zero-order valence-corrected chi connectivity index (χ0v) is 16.4. The van der Waals surface area contributed by atoms with Gasteiger partial charge in [0.2, 0.25) is 5.89 Å². The molecule has 5 rings (SSSR count). The number of furan rings is 1. The number of nitrogens with zero attached hydrogens (tertiary/aromatic N) is 6. The van der Waals surface area contributed by atoms with Crippen molar-refractivity contribution in [2.24, 2.45) is 7.05 Å². The molecule has 30 heavy (non-hydrogen) atoms. The van der Waals surface area contributed by atoms with Crippen molar-refractivity contribution in [1.29, 1.82) is 0 Å². The summed E-state index contributed by atoms with van der Waals surface area (Å²) in [7, 11) is 1.74. The van der Waals surface area contributed by atoms with E-state index >= 15 is 0 Å². The van der Waals surface area contributed by atoms with Crippen molar-refractivity contribution in [3.63, 3.8) is 0 Å². The molecule has 0 radical (unpaired) electrons. The molecule has 0 aliphatic carbocycles. The number of hydrogen-bond acceptors (Lipinski definition) is 8. The van der Waals surface area contributed by atoms with Crippen LogP contribution in [-0.2, 0) is 20.0 Å². The lowest BCUT2D eigenvalue weighted by atomic mass is 10.2. The van der Waals surface area contributed by atoms with Crippen LogP contribution in [0.25, 0.3) is 22.0 Å². The second-order valence-electron chi connectivity index (χ2n) is 6.85. The number of imidazole rings is 1. The van der Waals surface area contributed by atoms with Gasteiger partial charge in [0.15, 0.2) is 5.82 Å². The van der Waals surface area contributed by atoms with Gasteiger partial charge in [-0.2, -0.15) is 10.1 Å². The summed E-state index contributed by atoms with van der Waals surface area (Å²) >= 11 is 5.98. The molecule has 0 spiro atoms. The van der Waals surface area contributed by atoms with Gasteiger partial charge < -0.3 is 18.6 Å². The van der Waals surface area contributed by atoms with Gasteiger partial charge in [0.25, 0.3) is 5.56 Å². The summed E-state index contributed by atoms with van der Waals surface area (Å²) in [6.07, 6.45) is 2.18. The van der Waals surface area contributed by atoms with E-state index < -0.39 is 6.10 Å². The lowest BCUT2D eigenvalue weighted by Crippen LogP contribution is -2.24. The van der Waals surface area contributed by atoms with E-state index in [0.29, 0.717) is 27.4 Å². The molecule has 0 aliphatic heterocycles. The molecule has 1 N–H and O–H groups in total. The number of aliphatic hydroxyl groups is 1. The van der Waals surface area contributed by atoms with Gasteiger partial charge in [-0.25, -0.2) is 9.67 Å². The topological polar surface area (TPSA) is 125 Å². The third-order valence-corrected chi connectivity index (χ3v) is 4.95. The number of fused-ring (bicyclic) bond motifs is 2. The lowest BCUT2D eigenvalue weighted by Gasteiger charge is -2.03. The van der Waals surface area contributed by atoms with Gasteiger partial charge in [0.1, 0.15) is 35.0 Å². The fourth-order valence-electron chi connectivity index (χ4n) is 3.25. The average Bonchev–Trinajstić information content (AvgIpc) is 3.43. The minimum atomic E-state index is -0.965. The van der Waals surface area contributed by atoms with Crippen LogP contribution < -0.4 is 5.56 Å². The number of benzene rings is 1. The normalized spacial score (nSPS) is 12.8. The van der Waals surface area contributed by atoms with E-state index in [1.807, 2.05) is 0 Å². The first-order valence-electron chi connectivity index (χ1n) is 9.03. The summed E-state index contributed by atoms with van der Waals surface area (Å²) in [5.41, 5.74) is 1.26. The smallest absolute Gasteiger partial charge is 0.293 e. The standard InChI is InChI=1S/C19H15ClN6O4/c1-25-9-21-12-7-22-26(19(28)18(12)25)8-17-23-16(24-30-17)6-13(27)15-5-10-4-11(20)2-3-14(10)29-15/h2-5,7,9,13,27H,6,8H2,1H3/t13-/m0/s1. The summed E-state index contributed by atoms with van der Waals surface area (Å²) < 4.78 is 13.7. The first-order valence-corrected chi connectivity index (χ1v) is 9.41. The van der Waals surface area contributed by atoms with Gasteiger partial charge in [-0.05, 0) is 24.3 Å². The summed E-state index contributed by atoms with van der Waals surface area (Å²) in [6.45, 7) is 0.00614. The Morgan fingerprint density at radius 3 is 3.03 bits per heavy atom. The fraction of sp³-hybridized carbons (Fsp3) is 0.211. The van der Waals surface area contributed by atoms with Crippen LogP contribution in [0.1, 0.15) is 23.6 Å². The summed E-state index contributed by atoms with van der Waals surface area (Å²) in [5.74, 6) is 0.855. The maximum Gasteiger partial charge on any atom is 0.293 e. The van der Waals surface area contributed by atoms with E-state index in [9.17, 15) is 9.90 Å². The molecule has 0 aliphatic rings. The SMILES string of the molecule is Cn1cnc2cnn(Cc3nc(C[C@H](O)c4cc5cc(Cl)ccc5o4)no3)c(=O)c21. The van der Waals surface area contributed by atoms with E-state index in [1.165, 1.54) is 10.9 Å². The van der Waals surface area contributed by atoms with Crippen molar-refractivity contribution in [2.45, 2.75) is 19.1 Å². The Morgan fingerprint density at radius 1 is 1.30 bits per heavy atom. The largest absolute Gasteiger partial charge is 0.458 e. The minimum Gasteiger partial charge on any atom is -0.458 e. The highest BCUT2D eigenvalue weighted by Gasteiger charge is 2.19. The summed E-state index contributed by atoms with van der Waals surface area (Å²) in [5, 5.41) is 19.8. The maximum atomic E-state index is 12.6. The summed E-state index contributed by atoms with van der Waals surface area (Å²) in [6, 6.07) is 6.93. The Morgan fingerprint density at radius 2 is 2.17 bits per heavy atom. The van der Waals surface area contributed by atoms with Crippen molar-refractivity contribution in [2.75, 3.05) is 0 Å². The molecule has 1 atom stereocenters. The van der Waals surface area contributed by atoms with Crippen LogP contribution in [0, 0.1) is 0 Å². The predicted molar refractivity (Wildman–Crippen MR) is 106 cm³/mol. The predicted octanol–water partition coefficient (Wildman–Crippen LogP) is 2.24. The Balaban J connectivity index is 1.34. The van der Waals surface area contributed by atoms with Crippen LogP contribution in [0.4, 0.5) is 0 Å². The number of halogens is 1. The third kappa shape index (κ3) is 3.25. The number of rotatable bonds is 5. The van der Waals surface area contributed by atoms with E-state index in [0.717, 1.165) is 5.39 Å². The molecule has 0 saturated carbocycles. The van der Waals surface area contributed by atoms with Crippen LogP contribution >= 0.6 is 11.6 Å². The van der Waals surface area contributed by atoms with Crippen LogP contribution in [-0.4, -0.2) is 34.6 Å². The first kappa shape index (κ1) is 18.5. The molecule has 0 amide bonds. The van der Waals surface area contributed by atoms with Gasteiger partial charge in [-0.1, -0.05) is 16.8 Å². The van der Waals surface area contributed by atoms with Gasteiger partial charge in [-0.3, -0.25) is 4.79 Å². The van der Waals surface area contributed by atoms with Gasteiger partial charge >= 0.3 is 0 Å². The van der Waals surface area contributed by atoms with E-state index in [1.54, 1.807) is 42.2 Å². The molecule has 0 bridgehead atoms. The van der Waals surface area contributed by atoms with Crippen LogP contribution in [0.3, 0.4) is 0 Å². The van der Waals surface area contributed by atoms with Crippen molar-refractivity contribution in [3.8, 4) is 0 Å². The molecule has 4 heterocycles. The molecule has 5 aromatic rings. The molecule has 0 unspecified atom stereocenters. The van der Waals surface area contributed by atoms with E-state index in [2.05, 4.69) is 20.2 Å². The molecule has 152 valence electrons. The molecule has 4 aromatic heterocycles. The molecule has 1 aromatic carbocycles. The monoisotopic (exact) mass is 426 g/mol. The fourth-order valence-corrected chi connectivity index (χ4v) is 3.43. The Labute approximate surface area is 173 Å². The highest BCUT2D eigenvalue weighted by Crippen LogP contribution is 2.27. The maximum absolute atomic E-state index is 12.6. The molecular weight excluding hydrogens is 412 g/mol. The number of aromatic nitrogens is 6. The lowest BCUT2D eigenvalue weighted by molar-refractivity contribution is 0.149. The minimum absolute atomic E-state index is 0.00614. The Kier molecular flexibility index (Phi) is 4.37. The average molecular weight is 427 g/mol. The van der Waals surface area contributed by atoms with Crippen molar-refractivity contribution >= 4 is 33.6 Å². The molecule has 0 saturated heterocycles. The number of aryl methyl sites for hydroxylation is 1. The number of hydrogen-bond donors (Lipinski definition) is 1. The molecule has 11 heteroatoms.